The third kappa shape index (κ3) is 3.81. The van der Waals surface area contributed by atoms with E-state index in [-0.39, 0.29) is 0 Å². The van der Waals surface area contributed by atoms with Crippen LogP contribution in [0.2, 0.25) is 0 Å². The van der Waals surface area contributed by atoms with Crippen LogP contribution in [0.3, 0.4) is 0 Å². The molecule has 0 saturated carbocycles. The van der Waals surface area contributed by atoms with Crippen LogP contribution in [0.25, 0.3) is 0 Å². The van der Waals surface area contributed by atoms with Crippen molar-refractivity contribution in [2.75, 3.05) is 26.2 Å². The van der Waals surface area contributed by atoms with Gasteiger partial charge < -0.3 is 5.32 Å². The first-order chi connectivity index (χ1) is 6.76. The first-order valence-corrected chi connectivity index (χ1v) is 5.82. The van der Waals surface area contributed by atoms with Gasteiger partial charge in [-0.2, -0.15) is 0 Å². The standard InChI is InChI=1S/C12H24N2/c1-4-8-14(5-2)10-12-6-7-13-11(3)9-12/h4,11-13H,1,5-10H2,2-3H3. The molecule has 1 saturated heterocycles. The summed E-state index contributed by atoms with van der Waals surface area (Å²) in [6.07, 6.45) is 4.67. The third-order valence-electron chi connectivity index (χ3n) is 3.08. The van der Waals surface area contributed by atoms with E-state index in [0.29, 0.717) is 6.04 Å². The summed E-state index contributed by atoms with van der Waals surface area (Å²) in [4.78, 5) is 2.48. The maximum Gasteiger partial charge on any atom is 0.0160 e. The molecule has 0 radical (unpaired) electrons. The zero-order chi connectivity index (χ0) is 10.4. The van der Waals surface area contributed by atoms with Gasteiger partial charge in [-0.1, -0.05) is 13.0 Å². The molecular formula is C12H24N2. The second-order valence-electron chi connectivity index (χ2n) is 4.39. The molecule has 0 aromatic rings. The van der Waals surface area contributed by atoms with E-state index in [4.69, 9.17) is 0 Å². The topological polar surface area (TPSA) is 15.3 Å². The SMILES string of the molecule is C=CCN(CC)CC1CCNC(C)C1. The van der Waals surface area contributed by atoms with Gasteiger partial charge in [-0.3, -0.25) is 4.90 Å². The van der Waals surface area contributed by atoms with Crippen LogP contribution < -0.4 is 5.32 Å². The molecule has 82 valence electrons. The summed E-state index contributed by atoms with van der Waals surface area (Å²) in [6.45, 7) is 12.9. The lowest BCUT2D eigenvalue weighted by Gasteiger charge is -2.31. The lowest BCUT2D eigenvalue weighted by molar-refractivity contribution is 0.212. The first-order valence-electron chi connectivity index (χ1n) is 5.82. The normalized spacial score (nSPS) is 27.9. The van der Waals surface area contributed by atoms with Gasteiger partial charge in [0.15, 0.2) is 0 Å². The van der Waals surface area contributed by atoms with Gasteiger partial charge in [0.2, 0.25) is 0 Å². The summed E-state index contributed by atoms with van der Waals surface area (Å²) >= 11 is 0. The van der Waals surface area contributed by atoms with Crippen LogP contribution in [-0.4, -0.2) is 37.1 Å². The summed E-state index contributed by atoms with van der Waals surface area (Å²) in [6, 6.07) is 0.705. The molecule has 1 fully saturated rings. The first kappa shape index (κ1) is 11.7. The average Bonchev–Trinajstić information content (AvgIpc) is 2.17. The fourth-order valence-electron chi connectivity index (χ4n) is 2.28. The van der Waals surface area contributed by atoms with Crippen molar-refractivity contribution in [1.82, 2.24) is 10.2 Å². The lowest BCUT2D eigenvalue weighted by Crippen LogP contribution is -2.40. The molecule has 14 heavy (non-hydrogen) atoms. The van der Waals surface area contributed by atoms with Crippen molar-refractivity contribution in [1.29, 1.82) is 0 Å². The van der Waals surface area contributed by atoms with E-state index < -0.39 is 0 Å². The Morgan fingerprint density at radius 1 is 1.57 bits per heavy atom. The predicted molar refractivity (Wildman–Crippen MR) is 62.5 cm³/mol. The van der Waals surface area contributed by atoms with Crippen molar-refractivity contribution in [3.8, 4) is 0 Å². The highest BCUT2D eigenvalue weighted by molar-refractivity contribution is 4.80. The number of rotatable bonds is 5. The van der Waals surface area contributed by atoms with Gasteiger partial charge in [-0.05, 0) is 38.8 Å². The van der Waals surface area contributed by atoms with E-state index in [1.165, 1.54) is 25.9 Å². The van der Waals surface area contributed by atoms with Gasteiger partial charge in [-0.15, -0.1) is 6.58 Å². The fraction of sp³-hybridized carbons (Fsp3) is 0.833. The largest absolute Gasteiger partial charge is 0.314 e. The molecule has 1 aliphatic rings. The minimum Gasteiger partial charge on any atom is -0.314 e. The molecule has 1 heterocycles. The Morgan fingerprint density at radius 2 is 2.36 bits per heavy atom. The van der Waals surface area contributed by atoms with Crippen LogP contribution in [-0.2, 0) is 0 Å². The second-order valence-corrected chi connectivity index (χ2v) is 4.39. The maximum absolute atomic E-state index is 3.80. The minimum atomic E-state index is 0.705. The number of hydrogen-bond acceptors (Lipinski definition) is 2. The van der Waals surface area contributed by atoms with Crippen LogP contribution >= 0.6 is 0 Å². The van der Waals surface area contributed by atoms with Crippen molar-refractivity contribution in [3.63, 3.8) is 0 Å². The molecule has 2 atom stereocenters. The Labute approximate surface area is 88.4 Å². The van der Waals surface area contributed by atoms with Crippen molar-refractivity contribution in [2.24, 2.45) is 5.92 Å². The molecule has 2 nitrogen and oxygen atoms in total. The number of nitrogens with zero attached hydrogens (tertiary/aromatic N) is 1. The van der Waals surface area contributed by atoms with E-state index in [1.54, 1.807) is 0 Å². The summed E-state index contributed by atoms with van der Waals surface area (Å²) < 4.78 is 0. The molecule has 0 aromatic heterocycles. The monoisotopic (exact) mass is 196 g/mol. The van der Waals surface area contributed by atoms with Gasteiger partial charge >= 0.3 is 0 Å². The minimum absolute atomic E-state index is 0.705. The van der Waals surface area contributed by atoms with Crippen molar-refractivity contribution in [2.45, 2.75) is 32.7 Å². The van der Waals surface area contributed by atoms with Crippen LogP contribution in [0, 0.1) is 5.92 Å². The van der Waals surface area contributed by atoms with Crippen LogP contribution in [0.5, 0.6) is 0 Å². The molecule has 0 amide bonds. The Morgan fingerprint density at radius 3 is 2.93 bits per heavy atom. The van der Waals surface area contributed by atoms with Gasteiger partial charge in [-0.25, -0.2) is 0 Å². The second kappa shape index (κ2) is 6.20. The Hall–Kier alpha value is -0.340. The van der Waals surface area contributed by atoms with E-state index in [2.05, 4.69) is 30.6 Å². The van der Waals surface area contributed by atoms with Gasteiger partial charge in [0, 0.05) is 19.1 Å². The van der Waals surface area contributed by atoms with E-state index in [0.717, 1.165) is 19.0 Å². The summed E-state index contributed by atoms with van der Waals surface area (Å²) in [7, 11) is 0. The number of likely N-dealkylation sites (N-methyl/N-ethyl adjacent to an activating group) is 1. The van der Waals surface area contributed by atoms with Crippen LogP contribution in [0.1, 0.15) is 26.7 Å². The molecule has 0 bridgehead atoms. The predicted octanol–water partition coefficient (Wildman–Crippen LogP) is 1.88. The highest BCUT2D eigenvalue weighted by Crippen LogP contribution is 2.17. The fourth-order valence-corrected chi connectivity index (χ4v) is 2.28. The van der Waals surface area contributed by atoms with E-state index in [9.17, 15) is 0 Å². The molecule has 2 heteroatoms. The molecular weight excluding hydrogens is 172 g/mol. The van der Waals surface area contributed by atoms with E-state index in [1.807, 2.05) is 6.08 Å². The Balaban J connectivity index is 2.29. The third-order valence-corrected chi connectivity index (χ3v) is 3.08. The lowest BCUT2D eigenvalue weighted by atomic mass is 9.93. The number of piperidine rings is 1. The van der Waals surface area contributed by atoms with Crippen molar-refractivity contribution in [3.05, 3.63) is 12.7 Å². The molecule has 1 rings (SSSR count). The Bertz CT molecular complexity index is 168. The maximum atomic E-state index is 3.80. The summed E-state index contributed by atoms with van der Waals surface area (Å²) in [5.41, 5.74) is 0. The zero-order valence-corrected chi connectivity index (χ0v) is 9.63. The molecule has 0 aliphatic carbocycles. The molecule has 0 aromatic carbocycles. The van der Waals surface area contributed by atoms with Crippen molar-refractivity contribution >= 4 is 0 Å². The number of nitrogens with one attached hydrogen (secondary N) is 1. The summed E-state index contributed by atoms with van der Waals surface area (Å²) in [5, 5.41) is 3.50. The van der Waals surface area contributed by atoms with Gasteiger partial charge in [0.25, 0.3) is 0 Å². The quantitative estimate of drug-likeness (QED) is 0.675. The van der Waals surface area contributed by atoms with Gasteiger partial charge in [0.05, 0.1) is 0 Å². The molecule has 1 N–H and O–H groups in total. The average molecular weight is 196 g/mol. The molecule has 0 spiro atoms. The summed E-state index contributed by atoms with van der Waals surface area (Å²) in [5.74, 6) is 0.881. The van der Waals surface area contributed by atoms with Crippen LogP contribution in [0.15, 0.2) is 12.7 Å². The van der Waals surface area contributed by atoms with E-state index >= 15 is 0 Å². The Kier molecular flexibility index (Phi) is 5.20. The molecule has 1 aliphatic heterocycles. The smallest absolute Gasteiger partial charge is 0.0160 e. The number of hydrogen-bond donors (Lipinski definition) is 1. The molecule has 2 unspecified atom stereocenters. The van der Waals surface area contributed by atoms with Gasteiger partial charge in [0.1, 0.15) is 0 Å². The highest BCUT2D eigenvalue weighted by Gasteiger charge is 2.19. The zero-order valence-electron chi connectivity index (χ0n) is 9.63. The van der Waals surface area contributed by atoms with Crippen LogP contribution in [0.4, 0.5) is 0 Å². The highest BCUT2D eigenvalue weighted by atomic mass is 15.1. The van der Waals surface area contributed by atoms with Crippen molar-refractivity contribution < 1.29 is 0 Å².